The molecule has 3 rings (SSSR count). The van der Waals surface area contributed by atoms with Crippen molar-refractivity contribution in [3.63, 3.8) is 0 Å². The Hall–Kier alpha value is -1.61. The van der Waals surface area contributed by atoms with Crippen molar-refractivity contribution in [1.29, 1.82) is 0 Å². The molecule has 0 aliphatic carbocycles. The maximum absolute atomic E-state index is 12.6. The van der Waals surface area contributed by atoms with Gasteiger partial charge in [-0.2, -0.15) is 9.78 Å². The minimum Gasteiger partial charge on any atom is -0.380 e. The van der Waals surface area contributed by atoms with Crippen LogP contribution in [0.4, 0.5) is 5.69 Å². The number of rotatable bonds is 6. The van der Waals surface area contributed by atoms with Crippen LogP contribution in [-0.2, 0) is 9.84 Å². The van der Waals surface area contributed by atoms with Crippen LogP contribution in [0.5, 0.6) is 0 Å². The fourth-order valence-electron chi connectivity index (χ4n) is 3.12. The van der Waals surface area contributed by atoms with Crippen molar-refractivity contribution in [1.82, 2.24) is 14.7 Å². The second kappa shape index (κ2) is 8.82. The molecule has 1 aliphatic heterocycles. The number of hydrogen-bond acceptors (Lipinski definition) is 6. The molecule has 0 radical (unpaired) electrons. The monoisotopic (exact) mass is 444 g/mol. The molecule has 2 aromatic rings. The zero-order valence-electron chi connectivity index (χ0n) is 15.4. The average molecular weight is 445 g/mol. The summed E-state index contributed by atoms with van der Waals surface area (Å²) in [4.78, 5) is 14.7. The lowest BCUT2D eigenvalue weighted by Crippen LogP contribution is -2.41. The Morgan fingerprint density at radius 2 is 1.82 bits per heavy atom. The molecule has 0 atom stereocenters. The van der Waals surface area contributed by atoms with E-state index in [2.05, 4.69) is 15.3 Å². The molecule has 1 N–H and O–H groups in total. The third kappa shape index (κ3) is 5.47. The fraction of sp³-hybridized carbons (Fsp3) is 0.444. The first-order valence-corrected chi connectivity index (χ1v) is 11.7. The highest BCUT2D eigenvalue weighted by atomic mass is 35.5. The Morgan fingerprint density at radius 1 is 1.18 bits per heavy atom. The number of likely N-dealkylation sites (tertiary alicyclic amines) is 1. The van der Waals surface area contributed by atoms with Gasteiger partial charge in [-0.25, -0.2) is 8.42 Å². The summed E-state index contributed by atoms with van der Waals surface area (Å²) in [5.74, 6) is 0.170. The lowest BCUT2D eigenvalue weighted by molar-refractivity contribution is 0.230. The van der Waals surface area contributed by atoms with Crippen LogP contribution in [0.2, 0.25) is 10.0 Å². The van der Waals surface area contributed by atoms with Gasteiger partial charge in [0.2, 0.25) is 0 Å². The average Bonchev–Trinajstić information content (AvgIpc) is 2.65. The molecule has 0 bridgehead atoms. The standard InChI is InChI=1S/C18H22Cl2N4O3S/c1-28(26,27)11-10-23-8-6-14(7-9-23)22-16-12-21-24(18(25)17(16)20)15-4-2-13(19)3-5-15/h2-5,12,14,22H,6-11H2,1H3. The minimum absolute atomic E-state index is 0.0875. The molecule has 1 aromatic heterocycles. The van der Waals surface area contributed by atoms with E-state index in [-0.39, 0.29) is 16.8 Å². The second-order valence-corrected chi connectivity index (χ2v) is 10.0. The molecular formula is C18H22Cl2N4O3S. The molecule has 7 nitrogen and oxygen atoms in total. The summed E-state index contributed by atoms with van der Waals surface area (Å²) in [5.41, 5.74) is 0.688. The number of nitrogens with one attached hydrogen (secondary N) is 1. The Kier molecular flexibility index (Phi) is 6.65. The number of piperidine rings is 1. The lowest BCUT2D eigenvalue weighted by Gasteiger charge is -2.32. The van der Waals surface area contributed by atoms with E-state index in [9.17, 15) is 13.2 Å². The number of anilines is 1. The first kappa shape index (κ1) is 21.1. The van der Waals surface area contributed by atoms with E-state index in [1.54, 1.807) is 30.5 Å². The summed E-state index contributed by atoms with van der Waals surface area (Å²) >= 11 is 12.2. The van der Waals surface area contributed by atoms with E-state index in [4.69, 9.17) is 23.2 Å². The van der Waals surface area contributed by atoms with Crippen molar-refractivity contribution in [2.75, 3.05) is 37.0 Å². The van der Waals surface area contributed by atoms with E-state index in [1.807, 2.05) is 0 Å². The summed E-state index contributed by atoms with van der Waals surface area (Å²) in [6, 6.07) is 6.92. The van der Waals surface area contributed by atoms with Gasteiger partial charge < -0.3 is 10.2 Å². The van der Waals surface area contributed by atoms with Gasteiger partial charge in [0, 0.05) is 37.0 Å². The predicted molar refractivity (Wildman–Crippen MR) is 113 cm³/mol. The van der Waals surface area contributed by atoms with Crippen molar-refractivity contribution in [3.8, 4) is 5.69 Å². The molecule has 0 spiro atoms. The van der Waals surface area contributed by atoms with E-state index in [0.717, 1.165) is 25.9 Å². The minimum atomic E-state index is -2.95. The highest BCUT2D eigenvalue weighted by Crippen LogP contribution is 2.22. The quantitative estimate of drug-likeness (QED) is 0.736. The summed E-state index contributed by atoms with van der Waals surface area (Å²) < 4.78 is 23.8. The van der Waals surface area contributed by atoms with E-state index >= 15 is 0 Å². The van der Waals surface area contributed by atoms with Gasteiger partial charge in [0.25, 0.3) is 5.56 Å². The molecule has 1 aromatic carbocycles. The molecule has 28 heavy (non-hydrogen) atoms. The Labute approximate surface area is 174 Å². The number of hydrogen-bond donors (Lipinski definition) is 1. The van der Waals surface area contributed by atoms with Crippen molar-refractivity contribution < 1.29 is 8.42 Å². The maximum atomic E-state index is 12.6. The van der Waals surface area contributed by atoms with Gasteiger partial charge in [-0.1, -0.05) is 23.2 Å². The molecule has 0 unspecified atom stereocenters. The molecule has 0 saturated carbocycles. The predicted octanol–water partition coefficient (Wildman–Crippen LogP) is 2.46. The maximum Gasteiger partial charge on any atom is 0.292 e. The summed E-state index contributed by atoms with van der Waals surface area (Å²) in [6.45, 7) is 2.13. The van der Waals surface area contributed by atoms with Gasteiger partial charge in [0.15, 0.2) is 0 Å². The highest BCUT2D eigenvalue weighted by Gasteiger charge is 2.21. The normalized spacial score (nSPS) is 16.2. The van der Waals surface area contributed by atoms with E-state index < -0.39 is 15.4 Å². The van der Waals surface area contributed by atoms with Gasteiger partial charge in [-0.05, 0) is 37.1 Å². The summed E-state index contributed by atoms with van der Waals surface area (Å²) in [6.07, 6.45) is 4.47. The van der Waals surface area contributed by atoms with Gasteiger partial charge in [-0.3, -0.25) is 4.79 Å². The molecule has 1 saturated heterocycles. The van der Waals surface area contributed by atoms with Crippen LogP contribution in [0.3, 0.4) is 0 Å². The summed E-state index contributed by atoms with van der Waals surface area (Å²) in [7, 11) is -2.95. The third-order valence-electron chi connectivity index (χ3n) is 4.72. The lowest BCUT2D eigenvalue weighted by atomic mass is 10.0. The van der Waals surface area contributed by atoms with Crippen molar-refractivity contribution >= 4 is 38.7 Å². The Morgan fingerprint density at radius 3 is 2.43 bits per heavy atom. The van der Waals surface area contributed by atoms with Crippen LogP contribution in [0.1, 0.15) is 12.8 Å². The van der Waals surface area contributed by atoms with Crippen molar-refractivity contribution in [3.05, 3.63) is 50.9 Å². The van der Waals surface area contributed by atoms with Crippen LogP contribution >= 0.6 is 23.2 Å². The van der Waals surface area contributed by atoms with Crippen molar-refractivity contribution in [2.45, 2.75) is 18.9 Å². The zero-order valence-corrected chi connectivity index (χ0v) is 17.8. The zero-order chi connectivity index (χ0) is 20.3. The van der Waals surface area contributed by atoms with Gasteiger partial charge in [0.05, 0.1) is 23.3 Å². The number of sulfone groups is 1. The first-order chi connectivity index (χ1) is 13.2. The molecule has 2 heterocycles. The number of halogens is 2. The van der Waals surface area contributed by atoms with E-state index in [0.29, 0.717) is 22.9 Å². The smallest absolute Gasteiger partial charge is 0.292 e. The molecule has 0 amide bonds. The molecular weight excluding hydrogens is 423 g/mol. The Balaban J connectivity index is 1.63. The van der Waals surface area contributed by atoms with Crippen LogP contribution in [0.15, 0.2) is 35.3 Å². The molecule has 1 aliphatic rings. The summed E-state index contributed by atoms with van der Waals surface area (Å²) in [5, 5.41) is 8.17. The van der Waals surface area contributed by atoms with Crippen LogP contribution < -0.4 is 10.9 Å². The number of nitrogens with zero attached hydrogens (tertiary/aromatic N) is 3. The first-order valence-electron chi connectivity index (χ1n) is 8.93. The fourth-order valence-corrected chi connectivity index (χ4v) is 4.01. The van der Waals surface area contributed by atoms with Crippen LogP contribution in [-0.4, -0.2) is 60.8 Å². The number of benzene rings is 1. The highest BCUT2D eigenvalue weighted by molar-refractivity contribution is 7.90. The van der Waals surface area contributed by atoms with Crippen molar-refractivity contribution in [2.24, 2.45) is 0 Å². The Bertz CT molecular complexity index is 985. The third-order valence-corrected chi connectivity index (χ3v) is 6.26. The van der Waals surface area contributed by atoms with Gasteiger partial charge in [0.1, 0.15) is 14.9 Å². The molecule has 152 valence electrons. The second-order valence-electron chi connectivity index (χ2n) is 6.96. The van der Waals surface area contributed by atoms with E-state index in [1.165, 1.54) is 10.9 Å². The van der Waals surface area contributed by atoms with Crippen LogP contribution in [0.25, 0.3) is 5.69 Å². The number of aromatic nitrogens is 2. The van der Waals surface area contributed by atoms with Gasteiger partial charge in [-0.15, -0.1) is 0 Å². The topological polar surface area (TPSA) is 84.3 Å². The van der Waals surface area contributed by atoms with Crippen LogP contribution in [0, 0.1) is 0 Å². The molecule has 10 heteroatoms. The van der Waals surface area contributed by atoms with Gasteiger partial charge >= 0.3 is 0 Å². The molecule has 1 fully saturated rings. The largest absolute Gasteiger partial charge is 0.380 e. The SMILES string of the molecule is CS(=O)(=O)CCN1CCC(Nc2cnn(-c3ccc(Cl)cc3)c(=O)c2Cl)CC1.